The third-order valence-electron chi connectivity index (χ3n) is 1.36. The maximum Gasteiger partial charge on any atom is 0.0342 e. The number of halogens is 1. The van der Waals surface area contributed by atoms with Crippen LogP contribution in [0, 0.1) is 39.9 Å². The van der Waals surface area contributed by atoms with E-state index in [1.165, 1.54) is 10.1 Å². The van der Waals surface area contributed by atoms with Gasteiger partial charge in [0.15, 0.2) is 0 Å². The van der Waals surface area contributed by atoms with Crippen LogP contribution in [-0.4, -0.2) is 0 Å². The zero-order valence-corrected chi connectivity index (χ0v) is 9.54. The van der Waals surface area contributed by atoms with Crippen molar-refractivity contribution in [2.24, 2.45) is 0 Å². The first kappa shape index (κ1) is 11.8. The van der Waals surface area contributed by atoms with Crippen molar-refractivity contribution >= 4 is 33.8 Å². The monoisotopic (exact) mass is 328 g/mol. The smallest absolute Gasteiger partial charge is 0.0342 e. The summed E-state index contributed by atoms with van der Waals surface area (Å²) in [5.74, 6) is 0. The number of thiophene rings is 1. The van der Waals surface area contributed by atoms with Crippen LogP contribution < -0.4 is 0 Å². The van der Waals surface area contributed by atoms with E-state index in [1.54, 1.807) is 11.3 Å². The zero-order valence-electron chi connectivity index (χ0n) is 5.63. The topological polar surface area (TPSA) is 0 Å². The molecule has 0 saturated heterocycles. The van der Waals surface area contributed by atoms with E-state index in [9.17, 15) is 0 Å². The minimum absolute atomic E-state index is 0. The molecule has 0 N–H and O–H groups in total. The van der Waals surface area contributed by atoms with Crippen molar-refractivity contribution in [2.45, 2.75) is 0 Å². The van der Waals surface area contributed by atoms with E-state index < -0.39 is 0 Å². The van der Waals surface area contributed by atoms with Crippen LogP contribution in [0.5, 0.6) is 0 Å². The van der Waals surface area contributed by atoms with Gasteiger partial charge in [-0.1, -0.05) is 18.2 Å². The summed E-state index contributed by atoms with van der Waals surface area (Å²) in [7, 11) is 0. The predicted octanol–water partition coefficient (Wildman–Crippen LogP) is 3.32. The van der Waals surface area contributed by atoms with Crippen LogP contribution in [-0.2, 0) is 0 Å². The van der Waals surface area contributed by atoms with Crippen molar-refractivity contribution in [1.29, 1.82) is 0 Å². The summed E-state index contributed by atoms with van der Waals surface area (Å²) in [5.41, 5.74) is 0. The molecular formula is C8H7ClGdS. The molecule has 0 unspecified atom stereocenters. The zero-order chi connectivity index (χ0) is 6.10. The summed E-state index contributed by atoms with van der Waals surface area (Å²) < 4.78 is 1.37. The molecule has 1 aromatic carbocycles. The normalized spacial score (nSPS) is 8.36. The summed E-state index contributed by atoms with van der Waals surface area (Å²) in [6.45, 7) is 0. The van der Waals surface area contributed by atoms with Crippen LogP contribution in [0.1, 0.15) is 0 Å². The Hall–Kier alpha value is 0.795. The molecule has 2 aromatic rings. The van der Waals surface area contributed by atoms with Gasteiger partial charge >= 0.3 is 0 Å². The molecule has 0 amide bonds. The first-order valence-corrected chi connectivity index (χ1v) is 3.77. The second-order valence-corrected chi connectivity index (χ2v) is 2.91. The molecular weight excluding hydrogens is 321 g/mol. The van der Waals surface area contributed by atoms with Gasteiger partial charge in [0.1, 0.15) is 0 Å². The number of benzene rings is 1. The molecule has 0 fully saturated rings. The van der Waals surface area contributed by atoms with Crippen molar-refractivity contribution in [3.8, 4) is 0 Å². The summed E-state index contributed by atoms with van der Waals surface area (Å²) in [6, 6.07) is 10.5. The van der Waals surface area contributed by atoms with E-state index in [0.29, 0.717) is 0 Å². The SMILES string of the molecule is Cl.[Gd].c1ccc2sccc2c1. The van der Waals surface area contributed by atoms with E-state index in [-0.39, 0.29) is 52.3 Å². The van der Waals surface area contributed by atoms with Gasteiger partial charge < -0.3 is 0 Å². The third kappa shape index (κ3) is 2.64. The minimum atomic E-state index is 0. The van der Waals surface area contributed by atoms with E-state index >= 15 is 0 Å². The summed E-state index contributed by atoms with van der Waals surface area (Å²) >= 11 is 1.79. The van der Waals surface area contributed by atoms with E-state index in [1.807, 2.05) is 0 Å². The fourth-order valence-corrected chi connectivity index (χ4v) is 1.70. The van der Waals surface area contributed by atoms with E-state index in [4.69, 9.17) is 0 Å². The van der Waals surface area contributed by atoms with E-state index in [2.05, 4.69) is 35.7 Å². The maximum atomic E-state index is 2.14. The van der Waals surface area contributed by atoms with Crippen LogP contribution in [0.25, 0.3) is 10.1 Å². The summed E-state index contributed by atoms with van der Waals surface area (Å²) in [5, 5.41) is 3.47. The molecule has 0 saturated carbocycles. The Morgan fingerprint density at radius 1 is 1.00 bits per heavy atom. The van der Waals surface area contributed by atoms with E-state index in [0.717, 1.165) is 0 Å². The Morgan fingerprint density at radius 3 is 2.45 bits per heavy atom. The van der Waals surface area contributed by atoms with Crippen molar-refractivity contribution in [3.63, 3.8) is 0 Å². The molecule has 1 aromatic heterocycles. The average molecular weight is 328 g/mol. The molecule has 0 spiro atoms. The molecule has 0 nitrogen and oxygen atoms in total. The second-order valence-electron chi connectivity index (χ2n) is 1.96. The standard InChI is InChI=1S/C8H6S.ClH.Gd/c1-2-4-8-7(3-1)5-6-9-8;;/h1-6H;1H;. The van der Waals surface area contributed by atoms with Crippen molar-refractivity contribution in [3.05, 3.63) is 35.7 Å². The van der Waals surface area contributed by atoms with Gasteiger partial charge in [0, 0.05) is 44.6 Å². The van der Waals surface area contributed by atoms with Gasteiger partial charge in [-0.05, 0) is 22.9 Å². The average Bonchev–Trinajstić information content (AvgIpc) is 2.33. The summed E-state index contributed by atoms with van der Waals surface area (Å²) in [6.07, 6.45) is 0. The molecule has 0 atom stereocenters. The molecule has 11 heavy (non-hydrogen) atoms. The van der Waals surface area contributed by atoms with Crippen LogP contribution >= 0.6 is 23.7 Å². The van der Waals surface area contributed by atoms with Crippen molar-refractivity contribution in [1.82, 2.24) is 0 Å². The van der Waals surface area contributed by atoms with Gasteiger partial charge in [0.2, 0.25) is 0 Å². The van der Waals surface area contributed by atoms with Gasteiger partial charge in [0.05, 0.1) is 0 Å². The number of hydrogen-bond acceptors (Lipinski definition) is 1. The number of rotatable bonds is 0. The Balaban J connectivity index is 0.000000500. The Morgan fingerprint density at radius 2 is 1.73 bits per heavy atom. The molecule has 0 radical (unpaired) electrons. The van der Waals surface area contributed by atoms with Crippen molar-refractivity contribution < 1.29 is 39.9 Å². The fourth-order valence-electron chi connectivity index (χ4n) is 0.906. The number of fused-ring (bicyclic) bond motifs is 1. The van der Waals surface area contributed by atoms with Crippen molar-refractivity contribution in [2.75, 3.05) is 0 Å². The van der Waals surface area contributed by atoms with Crippen LogP contribution in [0.2, 0.25) is 0 Å². The Bertz CT molecular complexity index is 288. The van der Waals surface area contributed by atoms with Crippen LogP contribution in [0.15, 0.2) is 35.7 Å². The maximum absolute atomic E-state index is 2.14. The number of hydrogen-bond donors (Lipinski definition) is 0. The first-order chi connectivity index (χ1) is 4.47. The quantitative estimate of drug-likeness (QED) is 0.696. The molecule has 0 aliphatic carbocycles. The second kappa shape index (κ2) is 5.44. The molecule has 0 aliphatic heterocycles. The molecule has 60 valence electrons. The van der Waals surface area contributed by atoms with Gasteiger partial charge in [-0.15, -0.1) is 23.7 Å². The summed E-state index contributed by atoms with van der Waals surface area (Å²) in [4.78, 5) is 0. The fraction of sp³-hybridized carbons (Fsp3) is 0. The Labute approximate surface area is 108 Å². The molecule has 3 heteroatoms. The van der Waals surface area contributed by atoms with Gasteiger partial charge in [-0.3, -0.25) is 0 Å². The third-order valence-corrected chi connectivity index (χ3v) is 2.26. The first-order valence-electron chi connectivity index (χ1n) is 2.89. The predicted molar refractivity (Wildman–Crippen MR) is 49.1 cm³/mol. The Kier molecular flexibility index (Phi) is 5.84. The van der Waals surface area contributed by atoms with Gasteiger partial charge in [0.25, 0.3) is 0 Å². The molecule has 0 bridgehead atoms. The van der Waals surface area contributed by atoms with Crippen LogP contribution in [0.4, 0.5) is 0 Å². The molecule has 2 rings (SSSR count). The molecule has 1 heterocycles. The van der Waals surface area contributed by atoms with Crippen LogP contribution in [0.3, 0.4) is 0 Å². The largest absolute Gasteiger partial charge is 0.147 e. The minimum Gasteiger partial charge on any atom is -0.147 e. The van der Waals surface area contributed by atoms with Gasteiger partial charge in [-0.2, -0.15) is 0 Å². The van der Waals surface area contributed by atoms with Gasteiger partial charge in [-0.25, -0.2) is 0 Å². The molecule has 0 aliphatic rings.